The third-order valence-corrected chi connectivity index (χ3v) is 6.84. The minimum absolute atomic E-state index is 0. The summed E-state index contributed by atoms with van der Waals surface area (Å²) in [4.78, 5) is 16.4. The first-order chi connectivity index (χ1) is 16.1. The number of aromatic nitrogens is 4. The van der Waals surface area contributed by atoms with Crippen LogP contribution in [0, 0.1) is 5.92 Å². The first-order valence-electron chi connectivity index (χ1n) is 12.0. The van der Waals surface area contributed by atoms with E-state index >= 15 is 0 Å². The summed E-state index contributed by atoms with van der Waals surface area (Å²) >= 11 is 0. The lowest BCUT2D eigenvalue weighted by molar-refractivity contribution is 0.194. The first-order valence-corrected chi connectivity index (χ1v) is 12.0. The highest BCUT2D eigenvalue weighted by Crippen LogP contribution is 2.25. The van der Waals surface area contributed by atoms with Crippen LogP contribution in [-0.4, -0.2) is 56.1 Å². The normalized spacial score (nSPS) is 15.2. The zero-order valence-electron chi connectivity index (χ0n) is 20.7. The van der Waals surface area contributed by atoms with Crippen LogP contribution < -0.4 is 11.1 Å². The van der Waals surface area contributed by atoms with Crippen LogP contribution in [0.2, 0.25) is 0 Å². The van der Waals surface area contributed by atoms with Gasteiger partial charge in [0, 0.05) is 49.5 Å². The van der Waals surface area contributed by atoms with Crippen molar-refractivity contribution < 1.29 is 0 Å². The van der Waals surface area contributed by atoms with E-state index in [2.05, 4.69) is 62.9 Å². The van der Waals surface area contributed by atoms with Crippen molar-refractivity contribution in [1.29, 1.82) is 0 Å². The first kappa shape index (κ1) is 30.1. The van der Waals surface area contributed by atoms with E-state index < -0.39 is 0 Å². The van der Waals surface area contributed by atoms with Crippen molar-refractivity contribution in [3.8, 4) is 0 Å². The van der Waals surface area contributed by atoms with Gasteiger partial charge in [0.05, 0.1) is 29.3 Å². The van der Waals surface area contributed by atoms with Crippen LogP contribution in [0.15, 0.2) is 55.0 Å². The highest BCUT2D eigenvalue weighted by atomic mass is 35.5. The quantitative estimate of drug-likeness (QED) is 0.330. The van der Waals surface area contributed by atoms with E-state index in [0.29, 0.717) is 18.5 Å². The van der Waals surface area contributed by atoms with Crippen molar-refractivity contribution in [1.82, 2.24) is 24.4 Å². The van der Waals surface area contributed by atoms with Crippen molar-refractivity contribution >= 4 is 65.1 Å². The van der Waals surface area contributed by atoms with E-state index in [9.17, 15) is 0 Å². The summed E-state index contributed by atoms with van der Waals surface area (Å²) in [5.74, 6) is 1.42. The maximum Gasteiger partial charge on any atom is 0.204 e. The van der Waals surface area contributed by atoms with E-state index in [-0.39, 0.29) is 43.3 Å². The third-order valence-electron chi connectivity index (χ3n) is 6.84. The molecule has 1 saturated heterocycles. The molecule has 0 bridgehead atoms. The predicted molar refractivity (Wildman–Crippen MR) is 156 cm³/mol. The molecule has 0 saturated carbocycles. The van der Waals surface area contributed by atoms with Crippen LogP contribution in [0.1, 0.15) is 32.3 Å². The second kappa shape index (κ2) is 13.4. The highest BCUT2D eigenvalue weighted by Gasteiger charge is 2.23. The monoisotopic (exact) mass is 551 g/mol. The van der Waals surface area contributed by atoms with E-state index in [4.69, 9.17) is 10.7 Å². The Kier molecular flexibility index (Phi) is 11.2. The molecule has 7 nitrogen and oxygen atoms in total. The molecule has 1 aromatic carbocycles. The SMILES string of the molecule is CC(C)C(N)CN1CCC(Nc2nc3ccncc3n2Cc2cccc3cccnc23)CC1.Cl.Cl.Cl. The molecule has 1 unspecified atom stereocenters. The maximum atomic E-state index is 6.30. The number of imidazole rings is 1. The Labute approximate surface area is 231 Å². The molecule has 36 heavy (non-hydrogen) atoms. The average Bonchev–Trinajstić information content (AvgIpc) is 3.17. The zero-order valence-corrected chi connectivity index (χ0v) is 23.2. The highest BCUT2D eigenvalue weighted by molar-refractivity contribution is 5.86. The molecule has 1 aliphatic rings. The zero-order chi connectivity index (χ0) is 22.8. The number of hydrogen-bond donors (Lipinski definition) is 2. The van der Waals surface area contributed by atoms with Gasteiger partial charge in [0.1, 0.15) is 0 Å². The Morgan fingerprint density at radius 2 is 1.78 bits per heavy atom. The standard InChI is InChI=1S/C26H33N7.3ClH/c1-18(2)22(27)17-32-13-9-21(10-14-32)30-26-31-23-8-12-28-15-24(23)33(26)16-20-6-3-5-19-7-4-11-29-25(19)20;;;/h3-8,11-12,15,18,21-22H,9-10,13-14,16-17,27H2,1-2H3,(H,30,31);3*1H. The fourth-order valence-corrected chi connectivity index (χ4v) is 4.66. The van der Waals surface area contributed by atoms with Crippen molar-refractivity contribution in [2.45, 2.75) is 45.3 Å². The summed E-state index contributed by atoms with van der Waals surface area (Å²) < 4.78 is 2.24. The molecule has 0 aliphatic carbocycles. The van der Waals surface area contributed by atoms with Gasteiger partial charge in [-0.3, -0.25) is 9.97 Å². The average molecular weight is 553 g/mol. The fraction of sp³-hybridized carbons (Fsp3) is 0.423. The number of para-hydroxylation sites is 1. The molecule has 3 aromatic heterocycles. The number of benzene rings is 1. The lowest BCUT2D eigenvalue weighted by Gasteiger charge is -2.34. The Morgan fingerprint density at radius 3 is 2.53 bits per heavy atom. The minimum atomic E-state index is 0. The van der Waals surface area contributed by atoms with Crippen molar-refractivity contribution in [2.24, 2.45) is 11.7 Å². The van der Waals surface area contributed by atoms with Crippen molar-refractivity contribution in [3.05, 3.63) is 60.6 Å². The fourth-order valence-electron chi connectivity index (χ4n) is 4.66. The lowest BCUT2D eigenvalue weighted by Crippen LogP contribution is -2.46. The number of nitrogens with one attached hydrogen (secondary N) is 1. The molecule has 1 aliphatic heterocycles. The summed E-state index contributed by atoms with van der Waals surface area (Å²) in [5, 5.41) is 4.90. The number of fused-ring (bicyclic) bond motifs is 2. The molecule has 1 atom stereocenters. The van der Waals surface area contributed by atoms with E-state index in [1.54, 1.807) is 6.20 Å². The molecule has 0 amide bonds. The number of nitrogens with zero attached hydrogens (tertiary/aromatic N) is 5. The van der Waals surface area contributed by atoms with Crippen molar-refractivity contribution in [2.75, 3.05) is 25.0 Å². The van der Waals surface area contributed by atoms with E-state index in [0.717, 1.165) is 60.4 Å². The number of halogens is 3. The maximum absolute atomic E-state index is 6.30. The van der Waals surface area contributed by atoms with Crippen LogP contribution in [0.25, 0.3) is 21.9 Å². The van der Waals surface area contributed by atoms with Crippen LogP contribution in [-0.2, 0) is 6.54 Å². The number of likely N-dealkylation sites (tertiary alicyclic amines) is 1. The number of rotatable bonds is 7. The molecule has 3 N–H and O–H groups in total. The van der Waals surface area contributed by atoms with Gasteiger partial charge in [-0.05, 0) is 36.5 Å². The summed E-state index contributed by atoms with van der Waals surface area (Å²) in [5.41, 5.74) is 10.5. The summed E-state index contributed by atoms with van der Waals surface area (Å²) in [7, 11) is 0. The molecule has 10 heteroatoms. The van der Waals surface area contributed by atoms with Crippen LogP contribution in [0.4, 0.5) is 5.95 Å². The second-order valence-corrected chi connectivity index (χ2v) is 9.51. The Hall–Kier alpha value is -2.16. The van der Waals surface area contributed by atoms with E-state index in [1.165, 1.54) is 5.56 Å². The minimum Gasteiger partial charge on any atom is -0.353 e. The number of hydrogen-bond acceptors (Lipinski definition) is 6. The van der Waals surface area contributed by atoms with Gasteiger partial charge in [-0.15, -0.1) is 37.2 Å². The summed E-state index contributed by atoms with van der Waals surface area (Å²) in [6, 6.07) is 13.1. The lowest BCUT2D eigenvalue weighted by atomic mass is 10.0. The number of nitrogens with two attached hydrogens (primary N) is 1. The van der Waals surface area contributed by atoms with Crippen LogP contribution >= 0.6 is 37.2 Å². The van der Waals surface area contributed by atoms with Gasteiger partial charge in [-0.25, -0.2) is 4.98 Å². The van der Waals surface area contributed by atoms with Crippen molar-refractivity contribution in [3.63, 3.8) is 0 Å². The number of anilines is 1. The molecule has 1 fully saturated rings. The summed E-state index contributed by atoms with van der Waals surface area (Å²) in [6.45, 7) is 8.19. The van der Waals surface area contributed by atoms with Gasteiger partial charge in [0.2, 0.25) is 5.95 Å². The largest absolute Gasteiger partial charge is 0.353 e. The Balaban J connectivity index is 0.00000152. The Bertz CT molecular complexity index is 1230. The molecular weight excluding hydrogens is 517 g/mol. The molecule has 4 heterocycles. The number of piperidine rings is 1. The van der Waals surface area contributed by atoms with Gasteiger partial charge < -0.3 is 20.5 Å². The van der Waals surface area contributed by atoms with E-state index in [1.807, 2.05) is 24.5 Å². The molecule has 0 radical (unpaired) electrons. The van der Waals surface area contributed by atoms with Crippen LogP contribution in [0.3, 0.4) is 0 Å². The van der Waals surface area contributed by atoms with Gasteiger partial charge in [0.25, 0.3) is 0 Å². The molecule has 5 rings (SSSR count). The van der Waals surface area contributed by atoms with Gasteiger partial charge >= 0.3 is 0 Å². The molecular formula is C26H36Cl3N7. The third kappa shape index (κ3) is 6.58. The number of pyridine rings is 2. The predicted octanol–water partition coefficient (Wildman–Crippen LogP) is 5.15. The molecule has 4 aromatic rings. The topological polar surface area (TPSA) is 84.9 Å². The van der Waals surface area contributed by atoms with Gasteiger partial charge in [-0.2, -0.15) is 0 Å². The second-order valence-electron chi connectivity index (χ2n) is 9.51. The molecule has 0 spiro atoms. The van der Waals surface area contributed by atoms with Gasteiger partial charge in [-0.1, -0.05) is 38.1 Å². The smallest absolute Gasteiger partial charge is 0.204 e. The van der Waals surface area contributed by atoms with Gasteiger partial charge in [0.15, 0.2) is 0 Å². The summed E-state index contributed by atoms with van der Waals surface area (Å²) in [6.07, 6.45) is 7.74. The van der Waals surface area contributed by atoms with Crippen LogP contribution in [0.5, 0.6) is 0 Å². The molecule has 196 valence electrons. The Morgan fingerprint density at radius 1 is 1.03 bits per heavy atom.